The summed E-state index contributed by atoms with van der Waals surface area (Å²) in [6.07, 6.45) is 0. The van der Waals surface area contributed by atoms with Gasteiger partial charge in [0.05, 0.1) is 17.7 Å². The van der Waals surface area contributed by atoms with Crippen LogP contribution in [0.5, 0.6) is 5.75 Å². The Kier molecular flexibility index (Phi) is 5.92. The number of hydrogen-bond acceptors (Lipinski definition) is 3. The molecule has 2 aromatic carbocycles. The number of rotatable bonds is 7. The third kappa shape index (κ3) is 4.17. The molecule has 2 rings (SSSR count). The maximum atomic E-state index is 14.7. The van der Waals surface area contributed by atoms with Crippen molar-refractivity contribution in [3.63, 3.8) is 0 Å². The Morgan fingerprint density at radius 3 is 2.31 bits per heavy atom. The number of amides is 1. The Hall–Kier alpha value is -2.96. The topological polar surface area (TPSA) is 66.8 Å². The van der Waals surface area contributed by atoms with Crippen LogP contribution in [0.15, 0.2) is 48.5 Å². The monoisotopic (exact) mass is 363 g/mol. The average molecular weight is 363 g/mol. The van der Waals surface area contributed by atoms with Crippen molar-refractivity contribution in [2.45, 2.75) is 19.4 Å². The number of ether oxygens (including phenoxy) is 1. The summed E-state index contributed by atoms with van der Waals surface area (Å²) in [6.45, 7) is 1.79. The number of nitrogens with zero attached hydrogens (tertiary/aromatic N) is 1. The van der Waals surface area contributed by atoms with Crippen LogP contribution in [-0.4, -0.2) is 35.5 Å². The summed E-state index contributed by atoms with van der Waals surface area (Å²) in [4.78, 5) is 24.1. The molecule has 26 heavy (non-hydrogen) atoms. The van der Waals surface area contributed by atoms with E-state index in [0.29, 0.717) is 5.56 Å². The van der Waals surface area contributed by atoms with Crippen molar-refractivity contribution in [2.24, 2.45) is 0 Å². The Balaban J connectivity index is 2.19. The van der Waals surface area contributed by atoms with Crippen molar-refractivity contribution in [2.75, 3.05) is 13.7 Å². The van der Waals surface area contributed by atoms with Gasteiger partial charge in [0.15, 0.2) is 0 Å². The molecule has 0 unspecified atom stereocenters. The molecule has 0 saturated heterocycles. The van der Waals surface area contributed by atoms with Gasteiger partial charge in [-0.25, -0.2) is 4.79 Å². The summed E-state index contributed by atoms with van der Waals surface area (Å²) in [5.74, 6) is -6.24. The van der Waals surface area contributed by atoms with E-state index in [4.69, 9.17) is 9.84 Å². The fraction of sp³-hybridized carbons (Fsp3) is 0.263. The summed E-state index contributed by atoms with van der Waals surface area (Å²) in [6, 6.07) is 11.2. The second-order valence-electron chi connectivity index (χ2n) is 5.67. The molecule has 5 nitrogen and oxygen atoms in total. The lowest BCUT2D eigenvalue weighted by molar-refractivity contribution is -0.158. The van der Waals surface area contributed by atoms with E-state index in [1.165, 1.54) is 49.5 Å². The van der Waals surface area contributed by atoms with Gasteiger partial charge in [-0.1, -0.05) is 24.3 Å². The molecule has 1 N–H and O–H groups in total. The molecular formula is C19H19F2NO4. The molecule has 7 heteroatoms. The van der Waals surface area contributed by atoms with E-state index in [1.54, 1.807) is 13.0 Å². The third-order valence-electron chi connectivity index (χ3n) is 3.76. The average Bonchev–Trinajstić information content (AvgIpc) is 2.62. The molecule has 0 bridgehead atoms. The third-order valence-corrected chi connectivity index (χ3v) is 3.76. The van der Waals surface area contributed by atoms with E-state index in [1.807, 2.05) is 0 Å². The zero-order valence-corrected chi connectivity index (χ0v) is 14.4. The summed E-state index contributed by atoms with van der Waals surface area (Å²) in [7, 11) is 1.27. The summed E-state index contributed by atoms with van der Waals surface area (Å²) >= 11 is 0. The molecule has 0 spiro atoms. The van der Waals surface area contributed by atoms with Gasteiger partial charge < -0.3 is 14.7 Å². The van der Waals surface area contributed by atoms with Crippen LogP contribution in [0.3, 0.4) is 0 Å². The van der Waals surface area contributed by atoms with Crippen molar-refractivity contribution >= 4 is 11.9 Å². The van der Waals surface area contributed by atoms with Gasteiger partial charge in [-0.05, 0) is 36.8 Å². The van der Waals surface area contributed by atoms with Gasteiger partial charge in [0.2, 0.25) is 0 Å². The number of alkyl halides is 2. The maximum Gasteiger partial charge on any atom is 0.353 e. The first-order chi connectivity index (χ1) is 12.3. The predicted molar refractivity (Wildman–Crippen MR) is 91.4 cm³/mol. The Labute approximate surface area is 149 Å². The number of para-hydroxylation sites is 1. The van der Waals surface area contributed by atoms with E-state index in [-0.39, 0.29) is 24.5 Å². The molecule has 0 fully saturated rings. The van der Waals surface area contributed by atoms with Gasteiger partial charge in [-0.3, -0.25) is 4.79 Å². The van der Waals surface area contributed by atoms with Crippen LogP contribution in [0.2, 0.25) is 0 Å². The van der Waals surface area contributed by atoms with E-state index in [9.17, 15) is 18.4 Å². The van der Waals surface area contributed by atoms with Crippen LogP contribution < -0.4 is 4.74 Å². The van der Waals surface area contributed by atoms with Crippen LogP contribution in [0.25, 0.3) is 0 Å². The standard InChI is InChI=1S/C19H19F2NO4/c1-3-26-16-7-5-4-6-15(16)19(20,21)18(25)22(2)12-13-8-10-14(11-9-13)17(23)24/h4-11H,3,12H2,1-2H3,(H,23,24). The maximum absolute atomic E-state index is 14.7. The SMILES string of the molecule is CCOc1ccccc1C(F)(F)C(=O)N(C)Cc1ccc(C(=O)O)cc1. The highest BCUT2D eigenvalue weighted by Gasteiger charge is 2.45. The first-order valence-corrected chi connectivity index (χ1v) is 7.95. The Morgan fingerprint density at radius 1 is 1.12 bits per heavy atom. The molecule has 138 valence electrons. The van der Waals surface area contributed by atoms with Crippen LogP contribution >= 0.6 is 0 Å². The minimum Gasteiger partial charge on any atom is -0.493 e. The number of carboxylic acid groups (broad SMARTS) is 1. The molecule has 0 aliphatic heterocycles. The molecule has 0 saturated carbocycles. The van der Waals surface area contributed by atoms with Crippen LogP contribution in [-0.2, 0) is 17.3 Å². The lowest BCUT2D eigenvalue weighted by Gasteiger charge is -2.25. The summed E-state index contributed by atoms with van der Waals surface area (Å²) in [5.41, 5.74) is 0.137. The first-order valence-electron chi connectivity index (χ1n) is 7.95. The van der Waals surface area contributed by atoms with Gasteiger partial charge >= 0.3 is 11.9 Å². The van der Waals surface area contributed by atoms with Crippen molar-refractivity contribution < 1.29 is 28.2 Å². The number of carbonyl (C=O) groups is 2. The number of benzene rings is 2. The quantitative estimate of drug-likeness (QED) is 0.817. The highest BCUT2D eigenvalue weighted by Crippen LogP contribution is 2.36. The van der Waals surface area contributed by atoms with Crippen LogP contribution in [0, 0.1) is 0 Å². The van der Waals surface area contributed by atoms with E-state index in [2.05, 4.69) is 0 Å². The second kappa shape index (κ2) is 7.95. The van der Waals surface area contributed by atoms with Gasteiger partial charge in [-0.2, -0.15) is 8.78 Å². The number of carboxylic acids is 1. The molecule has 2 aromatic rings. The van der Waals surface area contributed by atoms with Crippen molar-refractivity contribution in [3.05, 3.63) is 65.2 Å². The zero-order valence-electron chi connectivity index (χ0n) is 14.4. The number of aromatic carboxylic acids is 1. The number of carbonyl (C=O) groups excluding carboxylic acids is 1. The highest BCUT2D eigenvalue weighted by atomic mass is 19.3. The minimum atomic E-state index is -3.75. The largest absolute Gasteiger partial charge is 0.493 e. The highest BCUT2D eigenvalue weighted by molar-refractivity contribution is 5.87. The summed E-state index contributed by atoms with van der Waals surface area (Å²) in [5, 5.41) is 8.87. The minimum absolute atomic E-state index is 0.0347. The van der Waals surface area contributed by atoms with Gasteiger partial charge in [-0.15, -0.1) is 0 Å². The van der Waals surface area contributed by atoms with Gasteiger partial charge in [0, 0.05) is 13.6 Å². The predicted octanol–water partition coefficient (Wildman–Crippen LogP) is 3.53. The summed E-state index contributed by atoms with van der Waals surface area (Å²) < 4.78 is 34.6. The fourth-order valence-corrected chi connectivity index (χ4v) is 2.46. The van der Waals surface area contributed by atoms with Crippen molar-refractivity contribution in [1.82, 2.24) is 4.90 Å². The first kappa shape index (κ1) is 19.4. The Morgan fingerprint density at radius 2 is 1.73 bits per heavy atom. The number of hydrogen-bond donors (Lipinski definition) is 1. The molecule has 0 aromatic heterocycles. The smallest absolute Gasteiger partial charge is 0.353 e. The normalized spacial score (nSPS) is 11.1. The molecule has 0 atom stereocenters. The molecule has 0 aliphatic carbocycles. The molecule has 0 heterocycles. The zero-order chi connectivity index (χ0) is 19.3. The van der Waals surface area contributed by atoms with Gasteiger partial charge in [0.25, 0.3) is 5.91 Å². The van der Waals surface area contributed by atoms with Crippen LogP contribution in [0.4, 0.5) is 8.78 Å². The van der Waals surface area contributed by atoms with Crippen molar-refractivity contribution in [1.29, 1.82) is 0 Å². The molecular weight excluding hydrogens is 344 g/mol. The molecule has 0 radical (unpaired) electrons. The van der Waals surface area contributed by atoms with E-state index < -0.39 is 23.4 Å². The lowest BCUT2D eigenvalue weighted by Crippen LogP contribution is -2.39. The van der Waals surface area contributed by atoms with E-state index in [0.717, 1.165) is 4.90 Å². The van der Waals surface area contributed by atoms with Crippen molar-refractivity contribution in [3.8, 4) is 5.75 Å². The molecule has 1 amide bonds. The lowest BCUT2D eigenvalue weighted by atomic mass is 10.1. The van der Waals surface area contributed by atoms with E-state index >= 15 is 0 Å². The second-order valence-corrected chi connectivity index (χ2v) is 5.67. The van der Waals surface area contributed by atoms with Gasteiger partial charge in [0.1, 0.15) is 5.75 Å². The number of halogens is 2. The fourth-order valence-electron chi connectivity index (χ4n) is 2.46. The van der Waals surface area contributed by atoms with Crippen LogP contribution in [0.1, 0.15) is 28.4 Å². The number of likely N-dealkylation sites (N-methyl/N-ethyl adjacent to an activating group) is 1. The Bertz CT molecular complexity index is 790. The molecule has 0 aliphatic rings.